The fourth-order valence-electron chi connectivity index (χ4n) is 2.39. The van der Waals surface area contributed by atoms with E-state index in [9.17, 15) is 23.3 Å². The lowest BCUT2D eigenvalue weighted by Crippen LogP contribution is -2.32. The van der Waals surface area contributed by atoms with Crippen molar-refractivity contribution in [1.82, 2.24) is 9.29 Å². The zero-order chi connectivity index (χ0) is 21.4. The van der Waals surface area contributed by atoms with Gasteiger partial charge in [0.2, 0.25) is 10.0 Å². The quantitative estimate of drug-likeness (QED) is 0.224. The minimum Gasteiger partial charge on any atom is -0.464 e. The first-order valence-electron chi connectivity index (χ1n) is 8.64. The number of nitro groups is 1. The lowest BCUT2D eigenvalue weighted by atomic mass is 10.3. The third-order valence-corrected chi connectivity index (χ3v) is 6.54. The Balaban J connectivity index is 2.26. The van der Waals surface area contributed by atoms with E-state index in [-0.39, 0.29) is 29.4 Å². The van der Waals surface area contributed by atoms with E-state index in [4.69, 9.17) is 4.74 Å². The Labute approximate surface area is 172 Å². The van der Waals surface area contributed by atoms with Crippen LogP contribution in [0.2, 0.25) is 0 Å². The number of ether oxygens (including phenoxy) is 2. The highest BCUT2D eigenvalue weighted by Crippen LogP contribution is 2.23. The fourth-order valence-corrected chi connectivity index (χ4v) is 4.69. The Morgan fingerprint density at radius 2 is 2.00 bits per heavy atom. The maximum Gasteiger partial charge on any atom is 0.357 e. The first kappa shape index (κ1) is 22.9. The molecule has 1 aromatic heterocycles. The molecule has 29 heavy (non-hydrogen) atoms. The third-order valence-electron chi connectivity index (χ3n) is 3.84. The maximum atomic E-state index is 13.1. The Morgan fingerprint density at radius 1 is 1.31 bits per heavy atom. The Morgan fingerprint density at radius 3 is 2.59 bits per heavy atom. The zero-order valence-electron chi connectivity index (χ0n) is 15.9. The molecule has 1 aromatic carbocycles. The first-order chi connectivity index (χ1) is 13.8. The number of rotatable bonds is 11. The van der Waals surface area contributed by atoms with Crippen LogP contribution in [0, 0.1) is 10.1 Å². The minimum absolute atomic E-state index is 0.0485. The minimum atomic E-state index is -3.94. The van der Waals surface area contributed by atoms with E-state index >= 15 is 0 Å². The topological polar surface area (TPSA) is 129 Å². The molecule has 0 saturated heterocycles. The summed E-state index contributed by atoms with van der Waals surface area (Å²) in [5, 5.41) is 12.7. The summed E-state index contributed by atoms with van der Waals surface area (Å²) in [7, 11) is -2.70. The van der Waals surface area contributed by atoms with Crippen LogP contribution < -0.4 is 0 Å². The first-order valence-corrected chi connectivity index (χ1v) is 11.0. The van der Waals surface area contributed by atoms with Crippen LogP contribution in [0.1, 0.15) is 28.8 Å². The van der Waals surface area contributed by atoms with Crippen molar-refractivity contribution in [2.45, 2.75) is 24.8 Å². The Kier molecular flexibility index (Phi) is 8.20. The standard InChI is InChI=1S/C17H21N3O7S2/c1-3-27-10-4-9-19(11-16-18-15(12-28-16)17(21)26-2)29(24,25)14-7-5-13(6-8-14)20(22)23/h5-8,12H,3-4,9-11H2,1-2H3. The third kappa shape index (κ3) is 6.03. The molecule has 0 fully saturated rings. The second-order valence-electron chi connectivity index (χ2n) is 5.76. The van der Waals surface area contributed by atoms with Gasteiger partial charge < -0.3 is 9.47 Å². The van der Waals surface area contributed by atoms with Crippen LogP contribution >= 0.6 is 11.3 Å². The number of sulfonamides is 1. The van der Waals surface area contributed by atoms with Gasteiger partial charge in [-0.05, 0) is 25.5 Å². The van der Waals surface area contributed by atoms with Gasteiger partial charge in [0.25, 0.3) is 5.69 Å². The second-order valence-corrected chi connectivity index (χ2v) is 8.64. The van der Waals surface area contributed by atoms with Crippen LogP contribution in [0.3, 0.4) is 0 Å². The Hall–Kier alpha value is -2.41. The van der Waals surface area contributed by atoms with E-state index in [1.807, 2.05) is 6.92 Å². The highest BCUT2D eigenvalue weighted by Gasteiger charge is 2.26. The summed E-state index contributed by atoms with van der Waals surface area (Å²) in [6.45, 7) is 2.85. The van der Waals surface area contributed by atoms with Gasteiger partial charge in [0, 0.05) is 37.3 Å². The predicted molar refractivity (Wildman–Crippen MR) is 105 cm³/mol. The van der Waals surface area contributed by atoms with Gasteiger partial charge in [0.05, 0.1) is 23.5 Å². The van der Waals surface area contributed by atoms with Gasteiger partial charge in [0.1, 0.15) is 5.01 Å². The van der Waals surface area contributed by atoms with E-state index in [0.29, 0.717) is 24.6 Å². The predicted octanol–water partition coefficient (Wildman–Crippen LogP) is 2.46. The molecule has 1 heterocycles. The molecule has 0 aliphatic carbocycles. The van der Waals surface area contributed by atoms with Crippen LogP contribution in [0.15, 0.2) is 34.5 Å². The van der Waals surface area contributed by atoms with Gasteiger partial charge in [-0.3, -0.25) is 10.1 Å². The number of hydrogen-bond donors (Lipinski definition) is 0. The highest BCUT2D eigenvalue weighted by atomic mass is 32.2. The van der Waals surface area contributed by atoms with Gasteiger partial charge in [-0.25, -0.2) is 18.2 Å². The number of esters is 1. The van der Waals surface area contributed by atoms with Gasteiger partial charge in [-0.15, -0.1) is 11.3 Å². The molecule has 0 bridgehead atoms. The van der Waals surface area contributed by atoms with Crippen LogP contribution in [-0.4, -0.2) is 55.5 Å². The monoisotopic (exact) mass is 443 g/mol. The molecule has 0 aliphatic rings. The van der Waals surface area contributed by atoms with Gasteiger partial charge in [-0.1, -0.05) is 0 Å². The summed E-state index contributed by atoms with van der Waals surface area (Å²) in [5.41, 5.74) is -0.0935. The zero-order valence-corrected chi connectivity index (χ0v) is 17.6. The summed E-state index contributed by atoms with van der Waals surface area (Å²) in [5.74, 6) is -0.603. The molecule has 0 atom stereocenters. The van der Waals surface area contributed by atoms with E-state index in [2.05, 4.69) is 9.72 Å². The van der Waals surface area contributed by atoms with Crippen molar-refractivity contribution < 1.29 is 27.6 Å². The molecular formula is C17H21N3O7S2. The molecule has 0 amide bonds. The van der Waals surface area contributed by atoms with E-state index < -0.39 is 20.9 Å². The van der Waals surface area contributed by atoms with E-state index in [1.165, 1.54) is 28.9 Å². The smallest absolute Gasteiger partial charge is 0.357 e. The average Bonchev–Trinajstić information content (AvgIpc) is 3.18. The molecule has 0 radical (unpaired) electrons. The molecule has 2 rings (SSSR count). The van der Waals surface area contributed by atoms with E-state index in [1.54, 1.807) is 0 Å². The summed E-state index contributed by atoms with van der Waals surface area (Å²) < 4.78 is 37.3. The number of aromatic nitrogens is 1. The molecule has 12 heteroatoms. The van der Waals surface area contributed by atoms with Crippen LogP contribution in [0.25, 0.3) is 0 Å². The van der Waals surface area contributed by atoms with Gasteiger partial charge >= 0.3 is 5.97 Å². The Bertz CT molecular complexity index is 942. The molecule has 10 nitrogen and oxygen atoms in total. The second kappa shape index (κ2) is 10.4. The van der Waals surface area contributed by atoms with Crippen LogP contribution in [0.4, 0.5) is 5.69 Å². The SMILES string of the molecule is CCOCCCN(Cc1nc(C(=O)OC)cs1)S(=O)(=O)c1ccc([N+](=O)[O-])cc1. The van der Waals surface area contributed by atoms with Gasteiger partial charge in [-0.2, -0.15) is 4.31 Å². The number of thiazole rings is 1. The highest BCUT2D eigenvalue weighted by molar-refractivity contribution is 7.89. The summed E-state index contributed by atoms with van der Waals surface area (Å²) in [4.78, 5) is 25.9. The average molecular weight is 444 g/mol. The van der Waals surface area contributed by atoms with Crippen molar-refractivity contribution in [1.29, 1.82) is 0 Å². The number of hydrogen-bond acceptors (Lipinski definition) is 9. The summed E-state index contributed by atoms with van der Waals surface area (Å²) >= 11 is 1.14. The number of carbonyl (C=O) groups excluding carboxylic acids is 1. The van der Waals surface area contributed by atoms with E-state index in [0.717, 1.165) is 23.5 Å². The molecule has 2 aromatic rings. The maximum absolute atomic E-state index is 13.1. The molecule has 0 saturated carbocycles. The summed E-state index contributed by atoms with van der Waals surface area (Å²) in [6, 6.07) is 4.68. The lowest BCUT2D eigenvalue weighted by molar-refractivity contribution is -0.384. The van der Waals surface area contributed by atoms with Crippen molar-refractivity contribution in [3.63, 3.8) is 0 Å². The lowest BCUT2D eigenvalue weighted by Gasteiger charge is -2.21. The number of nitrogens with zero attached hydrogens (tertiary/aromatic N) is 3. The number of carbonyl (C=O) groups is 1. The van der Waals surface area contributed by atoms with Crippen molar-refractivity contribution in [2.24, 2.45) is 0 Å². The van der Waals surface area contributed by atoms with Crippen LogP contribution in [-0.2, 0) is 26.0 Å². The van der Waals surface area contributed by atoms with Crippen molar-refractivity contribution in [3.8, 4) is 0 Å². The number of non-ortho nitro benzene ring substituents is 1. The van der Waals surface area contributed by atoms with Crippen molar-refractivity contribution in [3.05, 3.63) is 50.5 Å². The number of nitro benzene ring substituents is 1. The molecule has 0 spiro atoms. The number of methoxy groups -OCH3 is 1. The van der Waals surface area contributed by atoms with Crippen LogP contribution in [0.5, 0.6) is 0 Å². The summed E-state index contributed by atoms with van der Waals surface area (Å²) in [6.07, 6.45) is 0.454. The molecule has 0 aliphatic heterocycles. The normalized spacial score (nSPS) is 11.6. The largest absolute Gasteiger partial charge is 0.464 e. The fraction of sp³-hybridized carbons (Fsp3) is 0.412. The van der Waals surface area contributed by atoms with Crippen molar-refractivity contribution >= 4 is 33.0 Å². The molecule has 0 N–H and O–H groups in total. The molecule has 0 unspecified atom stereocenters. The van der Waals surface area contributed by atoms with Crippen molar-refractivity contribution in [2.75, 3.05) is 26.9 Å². The number of benzene rings is 1. The van der Waals surface area contributed by atoms with Gasteiger partial charge in [0.15, 0.2) is 5.69 Å². The molecular weight excluding hydrogens is 422 g/mol. The molecule has 158 valence electrons.